The van der Waals surface area contributed by atoms with Crippen LogP contribution < -0.4 is 11.1 Å². The van der Waals surface area contributed by atoms with Crippen molar-refractivity contribution in [2.45, 2.75) is 39.5 Å². The topological polar surface area (TPSA) is 103 Å². The van der Waals surface area contributed by atoms with Crippen molar-refractivity contribution in [1.82, 2.24) is 20.1 Å². The maximum atomic E-state index is 5.60. The van der Waals surface area contributed by atoms with Crippen molar-refractivity contribution < 1.29 is 4.52 Å². The van der Waals surface area contributed by atoms with Crippen LogP contribution in [0.15, 0.2) is 10.7 Å². The van der Waals surface area contributed by atoms with Crippen LogP contribution in [-0.2, 0) is 12.8 Å². The molecule has 2 aromatic heterocycles. The van der Waals surface area contributed by atoms with Gasteiger partial charge in [0.2, 0.25) is 11.8 Å². The van der Waals surface area contributed by atoms with Crippen molar-refractivity contribution in [3.05, 3.63) is 23.5 Å². The second kappa shape index (κ2) is 6.31. The summed E-state index contributed by atoms with van der Waals surface area (Å²) in [7, 11) is 0. The molecule has 0 bridgehead atoms. The minimum atomic E-state index is 0.268. The van der Waals surface area contributed by atoms with Gasteiger partial charge in [-0.25, -0.2) is 4.98 Å². The van der Waals surface area contributed by atoms with Gasteiger partial charge in [0.25, 0.3) is 0 Å². The zero-order valence-corrected chi connectivity index (χ0v) is 12.1. The number of anilines is 2. The van der Waals surface area contributed by atoms with E-state index in [-0.39, 0.29) is 11.9 Å². The predicted molar refractivity (Wildman–Crippen MR) is 76.4 cm³/mol. The first-order chi connectivity index (χ1) is 9.60. The van der Waals surface area contributed by atoms with E-state index in [9.17, 15) is 0 Å². The molecular weight excluding hydrogens is 256 g/mol. The normalized spacial score (nSPS) is 11.0. The Kier molecular flexibility index (Phi) is 4.49. The molecule has 7 heteroatoms. The van der Waals surface area contributed by atoms with Gasteiger partial charge in [-0.05, 0) is 6.42 Å². The molecule has 0 radical (unpaired) electrons. The van der Waals surface area contributed by atoms with Gasteiger partial charge in [-0.2, -0.15) is 9.97 Å². The van der Waals surface area contributed by atoms with Gasteiger partial charge >= 0.3 is 0 Å². The molecule has 108 valence electrons. The third-order valence-electron chi connectivity index (χ3n) is 2.90. The number of hydrogen-bond donors (Lipinski definition) is 2. The zero-order valence-electron chi connectivity index (χ0n) is 12.1. The average Bonchev–Trinajstić information content (AvgIpc) is 2.88. The molecule has 0 aliphatic heterocycles. The molecule has 7 nitrogen and oxygen atoms in total. The van der Waals surface area contributed by atoms with Crippen LogP contribution in [0.4, 0.5) is 11.8 Å². The Labute approximate surface area is 118 Å². The summed E-state index contributed by atoms with van der Waals surface area (Å²) in [4.78, 5) is 12.5. The Bertz CT molecular complexity index is 566. The molecule has 3 N–H and O–H groups in total. The van der Waals surface area contributed by atoms with E-state index < -0.39 is 0 Å². The number of aromatic nitrogens is 4. The smallest absolute Gasteiger partial charge is 0.228 e. The van der Waals surface area contributed by atoms with Gasteiger partial charge in [-0.3, -0.25) is 0 Å². The van der Waals surface area contributed by atoms with Crippen LogP contribution in [0, 0.1) is 0 Å². The highest BCUT2D eigenvalue weighted by Gasteiger charge is 2.10. The second-order valence-electron chi connectivity index (χ2n) is 4.83. The monoisotopic (exact) mass is 276 g/mol. The Balaban J connectivity index is 1.93. The van der Waals surface area contributed by atoms with Crippen LogP contribution in [-0.4, -0.2) is 26.7 Å². The van der Waals surface area contributed by atoms with Gasteiger partial charge < -0.3 is 15.6 Å². The Hall–Kier alpha value is -2.18. The summed E-state index contributed by atoms with van der Waals surface area (Å²) in [6.45, 7) is 6.77. The fourth-order valence-corrected chi connectivity index (χ4v) is 1.72. The van der Waals surface area contributed by atoms with Gasteiger partial charge in [-0.15, -0.1) is 0 Å². The van der Waals surface area contributed by atoms with Crippen LogP contribution in [0.1, 0.15) is 44.0 Å². The summed E-state index contributed by atoms with van der Waals surface area (Å²) in [6.07, 6.45) is 3.24. The second-order valence-corrected chi connectivity index (χ2v) is 4.83. The molecule has 0 aliphatic carbocycles. The highest BCUT2D eigenvalue weighted by Crippen LogP contribution is 2.14. The van der Waals surface area contributed by atoms with E-state index in [2.05, 4.69) is 25.4 Å². The average molecular weight is 276 g/mol. The van der Waals surface area contributed by atoms with Crippen LogP contribution in [0.25, 0.3) is 0 Å². The molecule has 0 atom stereocenters. The lowest BCUT2D eigenvalue weighted by molar-refractivity contribution is 0.373. The quantitative estimate of drug-likeness (QED) is 0.828. The van der Waals surface area contributed by atoms with Crippen molar-refractivity contribution in [2.24, 2.45) is 0 Å². The molecule has 2 heterocycles. The molecule has 0 aliphatic rings. The summed E-state index contributed by atoms with van der Waals surface area (Å²) < 4.78 is 5.19. The maximum absolute atomic E-state index is 5.60. The number of rotatable bonds is 6. The summed E-state index contributed by atoms with van der Waals surface area (Å²) in [6, 6.07) is 0. The van der Waals surface area contributed by atoms with Crippen LogP contribution in [0.5, 0.6) is 0 Å². The fourth-order valence-electron chi connectivity index (χ4n) is 1.72. The molecule has 0 spiro atoms. The van der Waals surface area contributed by atoms with E-state index in [1.807, 2.05) is 20.8 Å². The van der Waals surface area contributed by atoms with Crippen molar-refractivity contribution in [3.8, 4) is 0 Å². The zero-order chi connectivity index (χ0) is 14.5. The van der Waals surface area contributed by atoms with Crippen molar-refractivity contribution >= 4 is 11.8 Å². The largest absolute Gasteiger partial charge is 0.369 e. The first-order valence-corrected chi connectivity index (χ1v) is 6.78. The van der Waals surface area contributed by atoms with Crippen molar-refractivity contribution in [1.29, 1.82) is 0 Å². The third kappa shape index (κ3) is 3.43. The standard InChI is InChI=1S/C13H20N6O/c1-4-9-7-16-13(14)18-12(9)15-6-5-10-17-11(8(2)3)19-20-10/h7-8H,4-6H2,1-3H3,(H3,14,15,16,18). The summed E-state index contributed by atoms with van der Waals surface area (Å²) >= 11 is 0. The highest BCUT2D eigenvalue weighted by atomic mass is 16.5. The minimum absolute atomic E-state index is 0.268. The SMILES string of the molecule is CCc1cnc(N)nc1NCCc1nc(C(C)C)no1. The number of hydrogen-bond acceptors (Lipinski definition) is 7. The lowest BCUT2D eigenvalue weighted by atomic mass is 10.2. The molecule has 0 saturated carbocycles. The molecular formula is C13H20N6O. The number of nitrogens with one attached hydrogen (secondary N) is 1. The van der Waals surface area contributed by atoms with Crippen LogP contribution >= 0.6 is 0 Å². The molecule has 2 rings (SSSR count). The third-order valence-corrected chi connectivity index (χ3v) is 2.90. The molecule has 2 aromatic rings. The van der Waals surface area contributed by atoms with E-state index in [1.54, 1.807) is 6.20 Å². The molecule has 0 fully saturated rings. The summed E-state index contributed by atoms with van der Waals surface area (Å²) in [5.74, 6) is 2.67. The summed E-state index contributed by atoms with van der Waals surface area (Å²) in [5, 5.41) is 7.16. The van der Waals surface area contributed by atoms with E-state index >= 15 is 0 Å². The van der Waals surface area contributed by atoms with Crippen molar-refractivity contribution in [2.75, 3.05) is 17.6 Å². The number of nitrogens with zero attached hydrogens (tertiary/aromatic N) is 4. The molecule has 0 unspecified atom stereocenters. The predicted octanol–water partition coefficient (Wildman–Crippen LogP) is 1.78. The Morgan fingerprint density at radius 2 is 2.15 bits per heavy atom. The summed E-state index contributed by atoms with van der Waals surface area (Å²) in [5.41, 5.74) is 6.63. The van der Waals surface area contributed by atoms with E-state index in [1.165, 1.54) is 0 Å². The molecule has 0 aromatic carbocycles. The van der Waals surface area contributed by atoms with Gasteiger partial charge in [0, 0.05) is 30.6 Å². The number of aryl methyl sites for hydroxylation is 1. The van der Waals surface area contributed by atoms with Crippen LogP contribution in [0.3, 0.4) is 0 Å². The van der Waals surface area contributed by atoms with E-state index in [4.69, 9.17) is 10.3 Å². The number of nitrogen functional groups attached to an aromatic ring is 1. The fraction of sp³-hybridized carbons (Fsp3) is 0.538. The van der Waals surface area contributed by atoms with Gasteiger partial charge in [0.1, 0.15) is 5.82 Å². The first kappa shape index (κ1) is 14.2. The van der Waals surface area contributed by atoms with Gasteiger partial charge in [-0.1, -0.05) is 25.9 Å². The van der Waals surface area contributed by atoms with Crippen LogP contribution in [0.2, 0.25) is 0 Å². The van der Waals surface area contributed by atoms with E-state index in [0.29, 0.717) is 18.9 Å². The highest BCUT2D eigenvalue weighted by molar-refractivity contribution is 5.45. The number of nitrogens with two attached hydrogens (primary N) is 1. The minimum Gasteiger partial charge on any atom is -0.369 e. The van der Waals surface area contributed by atoms with Gasteiger partial charge in [0.05, 0.1) is 0 Å². The Morgan fingerprint density at radius 3 is 2.80 bits per heavy atom. The van der Waals surface area contributed by atoms with Gasteiger partial charge in [0.15, 0.2) is 5.82 Å². The van der Waals surface area contributed by atoms with E-state index in [0.717, 1.165) is 23.6 Å². The molecule has 0 saturated heterocycles. The molecule has 0 amide bonds. The lowest BCUT2D eigenvalue weighted by Crippen LogP contribution is -2.10. The lowest BCUT2D eigenvalue weighted by Gasteiger charge is -2.08. The first-order valence-electron chi connectivity index (χ1n) is 6.78. The Morgan fingerprint density at radius 1 is 1.35 bits per heavy atom. The molecule has 20 heavy (non-hydrogen) atoms. The maximum Gasteiger partial charge on any atom is 0.228 e. The van der Waals surface area contributed by atoms with Crippen molar-refractivity contribution in [3.63, 3.8) is 0 Å².